The van der Waals surface area contributed by atoms with Crippen LogP contribution >= 0.6 is 11.3 Å². The predicted molar refractivity (Wildman–Crippen MR) is 81.4 cm³/mol. The third-order valence-electron chi connectivity index (χ3n) is 3.86. The van der Waals surface area contributed by atoms with Crippen LogP contribution in [0.25, 0.3) is 10.2 Å². The topological polar surface area (TPSA) is 44.1 Å². The van der Waals surface area contributed by atoms with Crippen molar-refractivity contribution in [1.29, 1.82) is 0 Å². The molecule has 1 fully saturated rings. The van der Waals surface area contributed by atoms with Crippen molar-refractivity contribution in [3.8, 4) is 0 Å². The molecule has 0 amide bonds. The Kier molecular flexibility index (Phi) is 4.17. The number of thiophene rings is 1. The molecule has 1 aliphatic rings. The molecule has 0 spiro atoms. The lowest BCUT2D eigenvalue weighted by Gasteiger charge is -2.22. The minimum absolute atomic E-state index is 0.111. The average Bonchev–Trinajstić information content (AvgIpc) is 2.87. The SMILES string of the molecule is CCCc1cc2c(=O)n(CC3CCOCC3)cnc2s1. The molecule has 0 saturated carbocycles. The molecule has 4 nitrogen and oxygen atoms in total. The van der Waals surface area contributed by atoms with E-state index < -0.39 is 0 Å². The van der Waals surface area contributed by atoms with E-state index in [1.807, 2.05) is 6.07 Å². The third-order valence-corrected chi connectivity index (χ3v) is 4.96. The lowest BCUT2D eigenvalue weighted by molar-refractivity contribution is 0.0609. The summed E-state index contributed by atoms with van der Waals surface area (Å²) in [7, 11) is 0. The minimum Gasteiger partial charge on any atom is -0.381 e. The number of aromatic nitrogens is 2. The van der Waals surface area contributed by atoms with Gasteiger partial charge in [0.25, 0.3) is 5.56 Å². The van der Waals surface area contributed by atoms with Crippen molar-refractivity contribution in [3.63, 3.8) is 0 Å². The highest BCUT2D eigenvalue weighted by Gasteiger charge is 2.16. The van der Waals surface area contributed by atoms with E-state index in [0.717, 1.165) is 55.7 Å². The molecule has 0 bridgehead atoms. The highest BCUT2D eigenvalue weighted by atomic mass is 32.1. The maximum Gasteiger partial charge on any atom is 0.262 e. The normalized spacial score (nSPS) is 16.9. The fourth-order valence-corrected chi connectivity index (χ4v) is 3.80. The molecule has 2 aromatic heterocycles. The Hall–Kier alpha value is -1.20. The molecule has 2 aromatic rings. The first-order valence-corrected chi connectivity index (χ1v) is 8.15. The third kappa shape index (κ3) is 2.79. The Morgan fingerprint density at radius 3 is 3.00 bits per heavy atom. The first-order chi connectivity index (χ1) is 9.78. The maximum absolute atomic E-state index is 12.5. The maximum atomic E-state index is 12.5. The van der Waals surface area contributed by atoms with Crippen LogP contribution in [0.5, 0.6) is 0 Å². The number of nitrogens with zero attached hydrogens (tertiary/aromatic N) is 2. The molecular formula is C15H20N2O2S. The largest absolute Gasteiger partial charge is 0.381 e. The summed E-state index contributed by atoms with van der Waals surface area (Å²) in [4.78, 5) is 19.1. The van der Waals surface area contributed by atoms with E-state index in [0.29, 0.717) is 5.92 Å². The molecule has 108 valence electrons. The Morgan fingerprint density at radius 2 is 2.25 bits per heavy atom. The summed E-state index contributed by atoms with van der Waals surface area (Å²) in [6, 6.07) is 2.03. The second kappa shape index (κ2) is 6.06. The smallest absolute Gasteiger partial charge is 0.262 e. The summed E-state index contributed by atoms with van der Waals surface area (Å²) in [5, 5.41) is 0.785. The van der Waals surface area contributed by atoms with Gasteiger partial charge in [-0.15, -0.1) is 11.3 Å². The minimum atomic E-state index is 0.111. The highest BCUT2D eigenvalue weighted by molar-refractivity contribution is 7.18. The number of rotatable bonds is 4. The molecule has 3 rings (SSSR count). The molecule has 0 N–H and O–H groups in total. The second-order valence-electron chi connectivity index (χ2n) is 5.44. The molecule has 1 saturated heterocycles. The van der Waals surface area contributed by atoms with Crippen molar-refractivity contribution >= 4 is 21.6 Å². The first-order valence-electron chi connectivity index (χ1n) is 7.33. The van der Waals surface area contributed by atoms with Crippen molar-refractivity contribution in [2.45, 2.75) is 39.2 Å². The number of hydrogen-bond donors (Lipinski definition) is 0. The van der Waals surface area contributed by atoms with Crippen LogP contribution in [0.3, 0.4) is 0 Å². The van der Waals surface area contributed by atoms with Crippen LogP contribution in [0.1, 0.15) is 31.1 Å². The summed E-state index contributed by atoms with van der Waals surface area (Å²) >= 11 is 1.65. The Balaban J connectivity index is 1.87. The van der Waals surface area contributed by atoms with Crippen molar-refractivity contribution in [3.05, 3.63) is 27.6 Å². The van der Waals surface area contributed by atoms with Gasteiger partial charge in [-0.1, -0.05) is 13.3 Å². The van der Waals surface area contributed by atoms with Crippen LogP contribution in [0.2, 0.25) is 0 Å². The van der Waals surface area contributed by atoms with Crippen LogP contribution in [0.15, 0.2) is 17.2 Å². The van der Waals surface area contributed by atoms with Crippen LogP contribution in [-0.4, -0.2) is 22.8 Å². The summed E-state index contributed by atoms with van der Waals surface area (Å²) in [5.41, 5.74) is 0.111. The van der Waals surface area contributed by atoms with E-state index in [9.17, 15) is 4.79 Å². The standard InChI is InChI=1S/C15H20N2O2S/c1-2-3-12-8-13-14(20-12)16-10-17(15(13)18)9-11-4-6-19-7-5-11/h8,10-11H,2-7,9H2,1H3. The van der Waals surface area contributed by atoms with Crippen molar-refractivity contribution in [2.24, 2.45) is 5.92 Å². The summed E-state index contributed by atoms with van der Waals surface area (Å²) < 4.78 is 7.15. The predicted octanol–water partition coefficient (Wildman–Crippen LogP) is 2.84. The van der Waals surface area contributed by atoms with Gasteiger partial charge in [-0.05, 0) is 31.2 Å². The van der Waals surface area contributed by atoms with Gasteiger partial charge in [-0.25, -0.2) is 4.98 Å². The van der Waals surface area contributed by atoms with Crippen molar-refractivity contribution < 1.29 is 4.74 Å². The average molecular weight is 292 g/mol. The van der Waals surface area contributed by atoms with Gasteiger partial charge in [0.15, 0.2) is 0 Å². The molecular weight excluding hydrogens is 272 g/mol. The van der Waals surface area contributed by atoms with E-state index in [1.165, 1.54) is 4.88 Å². The van der Waals surface area contributed by atoms with Gasteiger partial charge in [-0.3, -0.25) is 9.36 Å². The summed E-state index contributed by atoms with van der Waals surface area (Å²) in [5.74, 6) is 0.537. The highest BCUT2D eigenvalue weighted by Crippen LogP contribution is 2.22. The van der Waals surface area contributed by atoms with Gasteiger partial charge < -0.3 is 4.74 Å². The van der Waals surface area contributed by atoms with E-state index in [2.05, 4.69) is 11.9 Å². The summed E-state index contributed by atoms with van der Waals surface area (Å²) in [6.07, 6.45) is 5.92. The van der Waals surface area contributed by atoms with Gasteiger partial charge in [-0.2, -0.15) is 0 Å². The van der Waals surface area contributed by atoms with Gasteiger partial charge >= 0.3 is 0 Å². The molecule has 1 aliphatic heterocycles. The zero-order chi connectivity index (χ0) is 13.9. The molecule has 0 aliphatic carbocycles. The number of fused-ring (bicyclic) bond motifs is 1. The number of hydrogen-bond acceptors (Lipinski definition) is 4. The van der Waals surface area contributed by atoms with E-state index in [4.69, 9.17) is 4.74 Å². The summed E-state index contributed by atoms with van der Waals surface area (Å²) in [6.45, 7) is 4.55. The number of aryl methyl sites for hydroxylation is 1. The molecule has 0 aromatic carbocycles. The van der Waals surface area contributed by atoms with E-state index in [1.54, 1.807) is 22.2 Å². The fraction of sp³-hybridized carbons (Fsp3) is 0.600. The Morgan fingerprint density at radius 1 is 1.45 bits per heavy atom. The van der Waals surface area contributed by atoms with E-state index >= 15 is 0 Å². The Bertz CT molecular complexity index is 641. The van der Waals surface area contributed by atoms with Crippen molar-refractivity contribution in [2.75, 3.05) is 13.2 Å². The van der Waals surface area contributed by atoms with Crippen LogP contribution in [0.4, 0.5) is 0 Å². The second-order valence-corrected chi connectivity index (χ2v) is 6.55. The lowest BCUT2D eigenvalue weighted by atomic mass is 10.0. The van der Waals surface area contributed by atoms with Crippen LogP contribution in [-0.2, 0) is 17.7 Å². The fourth-order valence-electron chi connectivity index (χ4n) is 2.72. The van der Waals surface area contributed by atoms with E-state index in [-0.39, 0.29) is 5.56 Å². The zero-order valence-corrected chi connectivity index (χ0v) is 12.6. The van der Waals surface area contributed by atoms with Crippen LogP contribution < -0.4 is 5.56 Å². The van der Waals surface area contributed by atoms with Crippen LogP contribution in [0, 0.1) is 5.92 Å². The zero-order valence-electron chi connectivity index (χ0n) is 11.8. The molecule has 0 unspecified atom stereocenters. The monoisotopic (exact) mass is 292 g/mol. The van der Waals surface area contributed by atoms with Gasteiger partial charge in [0, 0.05) is 24.6 Å². The molecule has 0 atom stereocenters. The van der Waals surface area contributed by atoms with Gasteiger partial charge in [0.2, 0.25) is 0 Å². The lowest BCUT2D eigenvalue weighted by Crippen LogP contribution is -2.27. The molecule has 0 radical (unpaired) electrons. The quantitative estimate of drug-likeness (QED) is 0.870. The molecule has 20 heavy (non-hydrogen) atoms. The van der Waals surface area contributed by atoms with Gasteiger partial charge in [0.05, 0.1) is 11.7 Å². The first kappa shape index (κ1) is 13.8. The Labute approximate surface area is 122 Å². The van der Waals surface area contributed by atoms with Gasteiger partial charge in [0.1, 0.15) is 4.83 Å². The molecule has 5 heteroatoms. The van der Waals surface area contributed by atoms with Crippen molar-refractivity contribution in [1.82, 2.24) is 9.55 Å². The molecule has 3 heterocycles. The number of ether oxygens (including phenoxy) is 1.